The Labute approximate surface area is 125 Å². The maximum Gasteiger partial charge on any atom is 0.453 e. The third kappa shape index (κ3) is 10.9. The van der Waals surface area contributed by atoms with Crippen molar-refractivity contribution < 1.29 is 22.0 Å². The zero-order valence-electron chi connectivity index (χ0n) is 13.1. The first kappa shape index (κ1) is 20.6. The Morgan fingerprint density at radius 3 is 1.19 bits per heavy atom. The van der Waals surface area contributed by atoms with Crippen molar-refractivity contribution in [2.45, 2.75) is 102 Å². The van der Waals surface area contributed by atoms with Crippen molar-refractivity contribution in [2.24, 2.45) is 0 Å². The van der Waals surface area contributed by atoms with E-state index >= 15 is 0 Å². The van der Waals surface area contributed by atoms with Crippen LogP contribution in [0.3, 0.4) is 0 Å². The predicted molar refractivity (Wildman–Crippen MR) is 76.7 cm³/mol. The summed E-state index contributed by atoms with van der Waals surface area (Å²) in [5.41, 5.74) is 0. The highest BCUT2D eigenvalue weighted by atomic mass is 19.4. The van der Waals surface area contributed by atoms with Gasteiger partial charge in [0, 0.05) is 6.42 Å². The molecule has 0 aliphatic carbocycles. The van der Waals surface area contributed by atoms with Crippen molar-refractivity contribution in [2.75, 3.05) is 0 Å². The largest absolute Gasteiger partial charge is 0.453 e. The van der Waals surface area contributed by atoms with Crippen LogP contribution in [-0.2, 0) is 0 Å². The van der Waals surface area contributed by atoms with Crippen LogP contribution in [0.2, 0.25) is 0 Å². The molecule has 0 N–H and O–H groups in total. The molecule has 0 fully saturated rings. The molecule has 21 heavy (non-hydrogen) atoms. The molecule has 0 saturated carbocycles. The molecule has 0 heterocycles. The van der Waals surface area contributed by atoms with E-state index in [4.69, 9.17) is 0 Å². The van der Waals surface area contributed by atoms with Gasteiger partial charge in [0.1, 0.15) is 0 Å². The van der Waals surface area contributed by atoms with E-state index in [1.807, 2.05) is 0 Å². The Bertz CT molecular complexity index is 235. The standard InChI is InChI=1S/C16H29F5/c1-2-3-4-5-6-7-8-9-10-11-12-13-14-15(17,18)16(19,20)21/h2-14H2,1H3. The van der Waals surface area contributed by atoms with Crippen molar-refractivity contribution in [3.05, 3.63) is 0 Å². The van der Waals surface area contributed by atoms with Crippen molar-refractivity contribution >= 4 is 0 Å². The van der Waals surface area contributed by atoms with Gasteiger partial charge in [-0.05, 0) is 6.42 Å². The maximum atomic E-state index is 12.6. The van der Waals surface area contributed by atoms with E-state index in [1.165, 1.54) is 38.5 Å². The Morgan fingerprint density at radius 1 is 0.524 bits per heavy atom. The lowest BCUT2D eigenvalue weighted by atomic mass is 10.0. The van der Waals surface area contributed by atoms with Gasteiger partial charge in [0.05, 0.1) is 0 Å². The van der Waals surface area contributed by atoms with E-state index in [-0.39, 0.29) is 6.42 Å². The van der Waals surface area contributed by atoms with Gasteiger partial charge in [0.2, 0.25) is 0 Å². The molecule has 0 spiro atoms. The van der Waals surface area contributed by atoms with Crippen molar-refractivity contribution in [1.29, 1.82) is 0 Å². The first-order valence-corrected chi connectivity index (χ1v) is 8.26. The molecule has 0 amide bonds. The molecule has 128 valence electrons. The third-order valence-electron chi connectivity index (χ3n) is 3.76. The number of alkyl halides is 5. The van der Waals surface area contributed by atoms with Crippen molar-refractivity contribution in [3.63, 3.8) is 0 Å². The summed E-state index contributed by atoms with van der Waals surface area (Å²) in [6, 6.07) is 0. The molecule has 0 aliphatic rings. The summed E-state index contributed by atoms with van der Waals surface area (Å²) >= 11 is 0. The fourth-order valence-corrected chi connectivity index (χ4v) is 2.33. The first-order chi connectivity index (χ1) is 9.81. The van der Waals surface area contributed by atoms with E-state index in [0.717, 1.165) is 25.7 Å². The van der Waals surface area contributed by atoms with Gasteiger partial charge >= 0.3 is 12.1 Å². The molecule has 0 atom stereocenters. The fourth-order valence-electron chi connectivity index (χ4n) is 2.33. The SMILES string of the molecule is CCCCCCCCCCCCCCC(F)(F)C(F)(F)F. The van der Waals surface area contributed by atoms with Crippen LogP contribution >= 0.6 is 0 Å². The van der Waals surface area contributed by atoms with E-state index in [2.05, 4.69) is 6.92 Å². The lowest BCUT2D eigenvalue weighted by Gasteiger charge is -2.19. The normalized spacial score (nSPS) is 12.9. The quantitative estimate of drug-likeness (QED) is 0.247. The Hall–Kier alpha value is -0.350. The molecule has 5 heteroatoms. The molecule has 0 rings (SSSR count). The molecule has 0 aromatic rings. The molecule has 0 radical (unpaired) electrons. The topological polar surface area (TPSA) is 0 Å². The second kappa shape index (κ2) is 11.2. The van der Waals surface area contributed by atoms with Crippen molar-refractivity contribution in [3.8, 4) is 0 Å². The van der Waals surface area contributed by atoms with Gasteiger partial charge in [-0.1, -0.05) is 77.6 Å². The lowest BCUT2D eigenvalue weighted by Crippen LogP contribution is -2.36. The Kier molecular flexibility index (Phi) is 11.1. The Morgan fingerprint density at radius 2 is 0.857 bits per heavy atom. The van der Waals surface area contributed by atoms with Gasteiger partial charge in [0.15, 0.2) is 0 Å². The van der Waals surface area contributed by atoms with E-state index < -0.39 is 18.5 Å². The zero-order valence-corrected chi connectivity index (χ0v) is 13.1. The molecule has 0 unspecified atom stereocenters. The minimum absolute atomic E-state index is 0.0521. The van der Waals surface area contributed by atoms with Crippen LogP contribution < -0.4 is 0 Å². The second-order valence-electron chi connectivity index (χ2n) is 5.84. The predicted octanol–water partition coefficient (Wildman–Crippen LogP) is 7.28. The summed E-state index contributed by atoms with van der Waals surface area (Å²) in [5.74, 6) is -4.52. The van der Waals surface area contributed by atoms with Crippen LogP contribution in [0.25, 0.3) is 0 Å². The van der Waals surface area contributed by atoms with Crippen LogP contribution in [0, 0.1) is 0 Å². The minimum atomic E-state index is -5.40. The highest BCUT2D eigenvalue weighted by Gasteiger charge is 2.56. The highest BCUT2D eigenvalue weighted by molar-refractivity contribution is 4.75. The number of halogens is 5. The number of hydrogen-bond acceptors (Lipinski definition) is 0. The average molecular weight is 316 g/mol. The van der Waals surface area contributed by atoms with Gasteiger partial charge in [-0.3, -0.25) is 0 Å². The van der Waals surface area contributed by atoms with Crippen LogP contribution in [0.5, 0.6) is 0 Å². The number of rotatable bonds is 13. The van der Waals surface area contributed by atoms with Gasteiger partial charge in [-0.25, -0.2) is 0 Å². The van der Waals surface area contributed by atoms with Gasteiger partial charge in [-0.15, -0.1) is 0 Å². The van der Waals surface area contributed by atoms with Crippen LogP contribution in [0.15, 0.2) is 0 Å². The highest BCUT2D eigenvalue weighted by Crippen LogP contribution is 2.39. The summed E-state index contributed by atoms with van der Waals surface area (Å²) in [4.78, 5) is 0. The molecule has 0 aromatic heterocycles. The lowest BCUT2D eigenvalue weighted by molar-refractivity contribution is -0.284. The summed E-state index contributed by atoms with van der Waals surface area (Å²) in [5, 5.41) is 0. The monoisotopic (exact) mass is 316 g/mol. The molecule has 0 nitrogen and oxygen atoms in total. The average Bonchev–Trinajstić information content (AvgIpc) is 2.38. The first-order valence-electron chi connectivity index (χ1n) is 8.26. The molecular weight excluding hydrogens is 287 g/mol. The second-order valence-corrected chi connectivity index (χ2v) is 5.84. The summed E-state index contributed by atoms with van der Waals surface area (Å²) in [6.07, 6.45) is 5.39. The molecular formula is C16H29F5. The molecule has 0 saturated heterocycles. The summed E-state index contributed by atoms with van der Waals surface area (Å²) < 4.78 is 60.9. The van der Waals surface area contributed by atoms with E-state index in [9.17, 15) is 22.0 Å². The maximum absolute atomic E-state index is 12.6. The summed E-state index contributed by atoms with van der Waals surface area (Å²) in [6.45, 7) is 2.19. The van der Waals surface area contributed by atoms with Crippen LogP contribution in [0.4, 0.5) is 22.0 Å². The van der Waals surface area contributed by atoms with Crippen LogP contribution in [-0.4, -0.2) is 12.1 Å². The van der Waals surface area contributed by atoms with E-state index in [1.54, 1.807) is 0 Å². The van der Waals surface area contributed by atoms with Crippen LogP contribution in [0.1, 0.15) is 90.4 Å². The Balaban J connectivity index is 3.30. The fraction of sp³-hybridized carbons (Fsp3) is 1.00. The van der Waals surface area contributed by atoms with Gasteiger partial charge in [0.25, 0.3) is 0 Å². The third-order valence-corrected chi connectivity index (χ3v) is 3.76. The zero-order chi connectivity index (χ0) is 16.2. The van der Waals surface area contributed by atoms with E-state index in [0.29, 0.717) is 6.42 Å². The molecule has 0 aliphatic heterocycles. The minimum Gasteiger partial charge on any atom is -0.196 e. The smallest absolute Gasteiger partial charge is 0.196 e. The number of hydrogen-bond donors (Lipinski definition) is 0. The van der Waals surface area contributed by atoms with Gasteiger partial charge in [-0.2, -0.15) is 22.0 Å². The van der Waals surface area contributed by atoms with Crippen molar-refractivity contribution in [1.82, 2.24) is 0 Å². The molecule has 0 bridgehead atoms. The molecule has 0 aromatic carbocycles. The number of unbranched alkanes of at least 4 members (excludes halogenated alkanes) is 11. The summed E-state index contributed by atoms with van der Waals surface area (Å²) in [7, 11) is 0. The van der Waals surface area contributed by atoms with Gasteiger partial charge < -0.3 is 0 Å².